The van der Waals surface area contributed by atoms with Gasteiger partial charge in [-0.25, -0.2) is 0 Å². The first-order valence-electron chi connectivity index (χ1n) is 6.75. The minimum absolute atomic E-state index is 0.679. The number of aromatic nitrogens is 2. The Bertz CT molecular complexity index is 516. The number of likely N-dealkylation sites (tertiary alicyclic amines) is 1. The Morgan fingerprint density at radius 1 is 1.21 bits per heavy atom. The molecule has 100 valence electrons. The fourth-order valence-corrected chi connectivity index (χ4v) is 3.55. The monoisotopic (exact) mass is 367 g/mol. The van der Waals surface area contributed by atoms with Crippen LogP contribution in [0.5, 0.6) is 0 Å². The van der Waals surface area contributed by atoms with Crippen molar-refractivity contribution in [2.45, 2.75) is 18.8 Å². The average molecular weight is 367 g/mol. The highest BCUT2D eigenvalue weighted by atomic mass is 127. The molecule has 2 aromatic rings. The molecule has 2 heterocycles. The Hall–Kier alpha value is -0.880. The molecule has 1 aliphatic rings. The Morgan fingerprint density at radius 2 is 2.00 bits per heavy atom. The first-order valence-corrected chi connectivity index (χ1v) is 8.28. The van der Waals surface area contributed by atoms with Gasteiger partial charge in [0, 0.05) is 11.8 Å². The number of piperidine rings is 1. The highest BCUT2D eigenvalue weighted by Crippen LogP contribution is 2.34. The molecule has 1 fully saturated rings. The highest BCUT2D eigenvalue weighted by Gasteiger charge is 2.22. The van der Waals surface area contributed by atoms with Gasteiger partial charge in [-0.2, -0.15) is 5.10 Å². The van der Waals surface area contributed by atoms with Crippen molar-refractivity contribution in [2.24, 2.45) is 0 Å². The molecule has 1 aromatic carbocycles. The predicted molar refractivity (Wildman–Crippen MR) is 86.5 cm³/mol. The van der Waals surface area contributed by atoms with E-state index in [9.17, 15) is 0 Å². The molecule has 3 rings (SSSR count). The molecule has 4 heteroatoms. The number of alkyl halides is 1. The number of rotatable bonds is 3. The number of nitrogens with zero attached hydrogens (tertiary/aromatic N) is 2. The van der Waals surface area contributed by atoms with Gasteiger partial charge in [0.25, 0.3) is 0 Å². The molecule has 0 atom stereocenters. The van der Waals surface area contributed by atoms with Crippen molar-refractivity contribution in [1.29, 1.82) is 0 Å². The van der Waals surface area contributed by atoms with E-state index in [1.54, 1.807) is 0 Å². The van der Waals surface area contributed by atoms with Crippen LogP contribution in [0.25, 0.3) is 11.3 Å². The minimum Gasteiger partial charge on any atom is -0.294 e. The van der Waals surface area contributed by atoms with Crippen LogP contribution >= 0.6 is 22.6 Å². The summed E-state index contributed by atoms with van der Waals surface area (Å²) in [5.74, 6) is 0.679. The number of aromatic amines is 1. The van der Waals surface area contributed by atoms with Crippen LogP contribution in [-0.4, -0.2) is 32.7 Å². The summed E-state index contributed by atoms with van der Waals surface area (Å²) in [6, 6.07) is 10.8. The summed E-state index contributed by atoms with van der Waals surface area (Å²) in [4.78, 5) is 2.52. The van der Waals surface area contributed by atoms with Gasteiger partial charge in [0.1, 0.15) is 0 Å². The van der Waals surface area contributed by atoms with Crippen LogP contribution in [0.2, 0.25) is 0 Å². The largest absolute Gasteiger partial charge is 0.294 e. The van der Waals surface area contributed by atoms with E-state index in [1.807, 2.05) is 6.20 Å². The molecule has 1 aliphatic heterocycles. The van der Waals surface area contributed by atoms with Crippen LogP contribution in [0.3, 0.4) is 0 Å². The maximum atomic E-state index is 4.08. The Morgan fingerprint density at radius 3 is 2.68 bits per heavy atom. The summed E-state index contributed by atoms with van der Waals surface area (Å²) in [6.07, 6.45) is 4.34. The maximum absolute atomic E-state index is 4.08. The summed E-state index contributed by atoms with van der Waals surface area (Å²) in [7, 11) is 0. The molecule has 0 bridgehead atoms. The lowest BCUT2D eigenvalue weighted by Crippen LogP contribution is -2.31. The van der Waals surface area contributed by atoms with Crippen LogP contribution in [-0.2, 0) is 0 Å². The van der Waals surface area contributed by atoms with Crippen LogP contribution in [0.4, 0.5) is 0 Å². The van der Waals surface area contributed by atoms with Gasteiger partial charge in [0.15, 0.2) is 0 Å². The van der Waals surface area contributed by atoms with Crippen LogP contribution in [0, 0.1) is 0 Å². The van der Waals surface area contributed by atoms with Crippen LogP contribution < -0.4 is 0 Å². The smallest absolute Gasteiger partial charge is 0.0652 e. The minimum atomic E-state index is 0.679. The van der Waals surface area contributed by atoms with E-state index in [2.05, 4.69) is 68.0 Å². The molecule has 1 aromatic heterocycles. The zero-order valence-electron chi connectivity index (χ0n) is 10.8. The zero-order chi connectivity index (χ0) is 13.1. The number of hydrogen-bond donors (Lipinski definition) is 1. The van der Waals surface area contributed by atoms with Crippen molar-refractivity contribution < 1.29 is 0 Å². The van der Waals surface area contributed by atoms with E-state index in [0.29, 0.717) is 5.92 Å². The third-order valence-electron chi connectivity index (χ3n) is 3.95. The fourth-order valence-electron chi connectivity index (χ4n) is 2.87. The van der Waals surface area contributed by atoms with Gasteiger partial charge >= 0.3 is 0 Å². The lowest BCUT2D eigenvalue weighted by atomic mass is 9.86. The summed E-state index contributed by atoms with van der Waals surface area (Å²) in [5, 5.41) is 7.17. The van der Waals surface area contributed by atoms with Gasteiger partial charge < -0.3 is 0 Å². The van der Waals surface area contributed by atoms with Gasteiger partial charge in [0.2, 0.25) is 0 Å². The number of hydrogen-bond acceptors (Lipinski definition) is 2. The number of nitrogens with one attached hydrogen (secondary N) is 1. The summed E-state index contributed by atoms with van der Waals surface area (Å²) in [6.45, 7) is 2.43. The van der Waals surface area contributed by atoms with Gasteiger partial charge in [-0.3, -0.25) is 10.00 Å². The molecular formula is C15H18IN3. The van der Waals surface area contributed by atoms with Gasteiger partial charge in [-0.1, -0.05) is 46.9 Å². The lowest BCUT2D eigenvalue weighted by Gasteiger charge is -2.31. The van der Waals surface area contributed by atoms with E-state index in [4.69, 9.17) is 0 Å². The van der Waals surface area contributed by atoms with Crippen molar-refractivity contribution in [3.05, 3.63) is 42.1 Å². The van der Waals surface area contributed by atoms with E-state index >= 15 is 0 Å². The third kappa shape index (κ3) is 2.84. The molecule has 0 spiro atoms. The van der Waals surface area contributed by atoms with Crippen molar-refractivity contribution in [3.63, 3.8) is 0 Å². The second kappa shape index (κ2) is 6.05. The third-order valence-corrected chi connectivity index (χ3v) is 4.91. The first kappa shape index (κ1) is 13.1. The average Bonchev–Trinajstić information content (AvgIpc) is 3.01. The first-order chi connectivity index (χ1) is 9.38. The second-order valence-electron chi connectivity index (χ2n) is 5.07. The second-order valence-corrected chi connectivity index (χ2v) is 5.75. The van der Waals surface area contributed by atoms with Crippen molar-refractivity contribution in [2.75, 3.05) is 17.6 Å². The van der Waals surface area contributed by atoms with Crippen LogP contribution in [0.15, 0.2) is 36.5 Å². The molecular weight excluding hydrogens is 349 g/mol. The van der Waals surface area contributed by atoms with E-state index < -0.39 is 0 Å². The lowest BCUT2D eigenvalue weighted by molar-refractivity contribution is 0.251. The van der Waals surface area contributed by atoms with E-state index in [1.165, 1.54) is 37.1 Å². The van der Waals surface area contributed by atoms with E-state index in [0.717, 1.165) is 10.2 Å². The zero-order valence-corrected chi connectivity index (χ0v) is 13.0. The topological polar surface area (TPSA) is 31.9 Å². The normalized spacial score (nSPS) is 17.7. The fraction of sp³-hybridized carbons (Fsp3) is 0.400. The summed E-state index contributed by atoms with van der Waals surface area (Å²) < 4.78 is 1.15. The van der Waals surface area contributed by atoms with Gasteiger partial charge in [0.05, 0.1) is 10.2 Å². The quantitative estimate of drug-likeness (QED) is 0.510. The van der Waals surface area contributed by atoms with Gasteiger partial charge in [-0.15, -0.1) is 0 Å². The number of halogens is 1. The molecule has 1 saturated heterocycles. The molecule has 3 nitrogen and oxygen atoms in total. The highest BCUT2D eigenvalue weighted by molar-refractivity contribution is 14.1. The molecule has 0 saturated carbocycles. The van der Waals surface area contributed by atoms with Crippen molar-refractivity contribution in [3.8, 4) is 11.3 Å². The number of H-pyrrole nitrogens is 1. The van der Waals surface area contributed by atoms with Crippen molar-refractivity contribution in [1.82, 2.24) is 15.1 Å². The van der Waals surface area contributed by atoms with E-state index in [-0.39, 0.29) is 0 Å². The molecule has 0 unspecified atom stereocenters. The standard InChI is InChI=1S/C15H18IN3/c16-11-19-9-6-12(7-10-19)13-3-1-2-4-14(13)15-5-8-17-18-15/h1-5,8,12H,6-7,9-11H2,(H,17,18). The number of benzene rings is 1. The van der Waals surface area contributed by atoms with Crippen LogP contribution in [0.1, 0.15) is 24.3 Å². The Labute approximate surface area is 127 Å². The van der Waals surface area contributed by atoms with Gasteiger partial charge in [-0.05, 0) is 43.5 Å². The molecule has 19 heavy (non-hydrogen) atoms. The Kier molecular flexibility index (Phi) is 4.18. The van der Waals surface area contributed by atoms with Crippen molar-refractivity contribution >= 4 is 22.6 Å². The molecule has 0 aliphatic carbocycles. The Balaban J connectivity index is 1.85. The predicted octanol–water partition coefficient (Wildman–Crippen LogP) is 3.65. The summed E-state index contributed by atoms with van der Waals surface area (Å²) >= 11 is 2.46. The maximum Gasteiger partial charge on any atom is 0.0652 e. The molecule has 1 N–H and O–H groups in total. The summed E-state index contributed by atoms with van der Waals surface area (Å²) in [5.41, 5.74) is 3.92. The molecule has 0 radical (unpaired) electrons. The SMILES string of the molecule is ICN1CCC(c2ccccc2-c2ccn[nH]2)CC1. The molecule has 0 amide bonds.